The van der Waals surface area contributed by atoms with E-state index in [9.17, 15) is 9.90 Å². The third-order valence-electron chi connectivity index (χ3n) is 7.17. The Kier molecular flexibility index (Phi) is 6.63. The molecular weight excluding hydrogens is 474 g/mol. The fourth-order valence-corrected chi connectivity index (χ4v) is 5.12. The second kappa shape index (κ2) is 10.5. The highest BCUT2D eigenvalue weighted by Gasteiger charge is 2.21. The van der Waals surface area contributed by atoms with Gasteiger partial charge in [-0.1, -0.05) is 48.5 Å². The number of ether oxygens (including phenoxy) is 1. The summed E-state index contributed by atoms with van der Waals surface area (Å²) in [4.78, 5) is 21.0. The zero-order valence-corrected chi connectivity index (χ0v) is 20.9. The minimum atomic E-state index is -0.247. The van der Waals surface area contributed by atoms with Gasteiger partial charge in [-0.25, -0.2) is 4.98 Å². The van der Waals surface area contributed by atoms with Crippen molar-refractivity contribution in [1.82, 2.24) is 15.3 Å². The van der Waals surface area contributed by atoms with E-state index in [1.165, 1.54) is 0 Å². The van der Waals surface area contributed by atoms with Crippen LogP contribution in [-0.4, -0.2) is 33.1 Å². The minimum absolute atomic E-state index is 0.0844. The second-order valence-corrected chi connectivity index (χ2v) is 9.79. The van der Waals surface area contributed by atoms with Crippen LogP contribution in [0.2, 0.25) is 0 Å². The van der Waals surface area contributed by atoms with Crippen molar-refractivity contribution in [1.29, 1.82) is 0 Å². The van der Waals surface area contributed by atoms with Gasteiger partial charge in [-0.15, -0.1) is 0 Å². The minimum Gasteiger partial charge on any atom is -0.457 e. The fraction of sp³-hybridized carbons (Fsp3) is 0.188. The lowest BCUT2D eigenvalue weighted by molar-refractivity contribution is 0.0867. The number of rotatable bonds is 6. The molecule has 1 saturated carbocycles. The molecule has 6 rings (SSSR count). The number of nitrogens with one attached hydrogen (secondary N) is 2. The lowest BCUT2D eigenvalue weighted by atomic mass is 9.93. The van der Waals surface area contributed by atoms with Crippen LogP contribution in [0, 0.1) is 0 Å². The van der Waals surface area contributed by atoms with E-state index in [0.717, 1.165) is 70.5 Å². The number of hydrogen-bond donors (Lipinski definition) is 3. The van der Waals surface area contributed by atoms with E-state index in [-0.39, 0.29) is 18.1 Å². The van der Waals surface area contributed by atoms with Gasteiger partial charge in [0.2, 0.25) is 0 Å². The lowest BCUT2D eigenvalue weighted by Crippen LogP contribution is -2.38. The van der Waals surface area contributed by atoms with Gasteiger partial charge in [-0.2, -0.15) is 0 Å². The summed E-state index contributed by atoms with van der Waals surface area (Å²) >= 11 is 0. The molecular formula is C32H29N3O3. The molecule has 2 heterocycles. The Balaban J connectivity index is 1.30. The van der Waals surface area contributed by atoms with E-state index in [4.69, 9.17) is 4.74 Å². The van der Waals surface area contributed by atoms with E-state index >= 15 is 0 Å². The van der Waals surface area contributed by atoms with Crippen molar-refractivity contribution in [3.05, 3.63) is 103 Å². The normalized spacial score (nSPS) is 17.3. The SMILES string of the molecule is O=C(NC1CCC(O)CC1)c1cccc(-c2c[nH]c3ncc(-c4ccccc4Oc4ccccc4)cc23)c1. The smallest absolute Gasteiger partial charge is 0.251 e. The van der Waals surface area contributed by atoms with Crippen LogP contribution in [0.25, 0.3) is 33.3 Å². The van der Waals surface area contributed by atoms with Crippen molar-refractivity contribution in [2.24, 2.45) is 0 Å². The third kappa shape index (κ3) is 5.04. The molecule has 1 aliphatic carbocycles. The number of pyridine rings is 1. The standard InChI is InChI=1S/C32H29N3O3/c36-25-15-13-24(14-16-25)35-32(37)22-8-6-7-21(17-22)29-20-34-31-28(29)18-23(19-33-31)27-11-4-5-12-30(27)38-26-9-2-1-3-10-26/h1-12,17-20,24-25,36H,13-16H2,(H,33,34)(H,35,37). The number of aliphatic hydroxyl groups excluding tert-OH is 1. The van der Waals surface area contributed by atoms with Crippen LogP contribution in [0.3, 0.4) is 0 Å². The lowest BCUT2D eigenvalue weighted by Gasteiger charge is -2.26. The fourth-order valence-electron chi connectivity index (χ4n) is 5.12. The molecule has 6 nitrogen and oxygen atoms in total. The first-order chi connectivity index (χ1) is 18.6. The number of benzene rings is 3. The first kappa shape index (κ1) is 23.9. The summed E-state index contributed by atoms with van der Waals surface area (Å²) in [6.45, 7) is 0. The van der Waals surface area contributed by atoms with Crippen LogP contribution in [0.1, 0.15) is 36.0 Å². The summed E-state index contributed by atoms with van der Waals surface area (Å²) in [5, 5.41) is 13.9. The number of hydrogen-bond acceptors (Lipinski definition) is 4. The molecule has 5 aromatic rings. The number of fused-ring (bicyclic) bond motifs is 1. The van der Waals surface area contributed by atoms with Gasteiger partial charge in [0.1, 0.15) is 17.1 Å². The van der Waals surface area contributed by atoms with E-state index in [0.29, 0.717) is 5.56 Å². The van der Waals surface area contributed by atoms with E-state index in [2.05, 4.69) is 21.4 Å². The van der Waals surface area contributed by atoms with E-state index in [1.807, 2.05) is 91.3 Å². The van der Waals surface area contributed by atoms with Crippen LogP contribution in [0.5, 0.6) is 11.5 Å². The number of aromatic amines is 1. The molecule has 0 bridgehead atoms. The largest absolute Gasteiger partial charge is 0.457 e. The highest BCUT2D eigenvalue weighted by Crippen LogP contribution is 2.36. The summed E-state index contributed by atoms with van der Waals surface area (Å²) in [6, 6.07) is 27.6. The first-order valence-electron chi connectivity index (χ1n) is 13.0. The number of nitrogens with zero attached hydrogens (tertiary/aromatic N) is 1. The average molecular weight is 504 g/mol. The van der Waals surface area contributed by atoms with Crippen molar-refractivity contribution in [3.8, 4) is 33.8 Å². The molecule has 0 radical (unpaired) electrons. The molecule has 0 aliphatic heterocycles. The summed E-state index contributed by atoms with van der Waals surface area (Å²) in [6.07, 6.45) is 6.61. The monoisotopic (exact) mass is 503 g/mol. The Labute approximate surface area is 221 Å². The maximum absolute atomic E-state index is 13.0. The van der Waals surface area contributed by atoms with Crippen molar-refractivity contribution in [2.75, 3.05) is 0 Å². The highest BCUT2D eigenvalue weighted by molar-refractivity contribution is 5.99. The first-order valence-corrected chi connectivity index (χ1v) is 13.0. The van der Waals surface area contributed by atoms with Crippen LogP contribution in [0.4, 0.5) is 0 Å². The quantitative estimate of drug-likeness (QED) is 0.240. The van der Waals surface area contributed by atoms with Crippen molar-refractivity contribution < 1.29 is 14.6 Å². The Morgan fingerprint density at radius 3 is 2.50 bits per heavy atom. The summed E-state index contributed by atoms with van der Waals surface area (Å²) < 4.78 is 6.19. The second-order valence-electron chi connectivity index (χ2n) is 9.79. The van der Waals surface area contributed by atoms with Gasteiger partial charge in [0.05, 0.1) is 6.10 Å². The topological polar surface area (TPSA) is 87.2 Å². The van der Waals surface area contributed by atoms with Crippen LogP contribution in [0.15, 0.2) is 97.3 Å². The number of H-pyrrole nitrogens is 1. The zero-order chi connectivity index (χ0) is 25.9. The number of aliphatic hydroxyl groups is 1. The van der Waals surface area contributed by atoms with Gasteiger partial charge in [0.15, 0.2) is 0 Å². The van der Waals surface area contributed by atoms with Gasteiger partial charge < -0.3 is 20.1 Å². The molecule has 0 spiro atoms. The highest BCUT2D eigenvalue weighted by atomic mass is 16.5. The van der Waals surface area contributed by atoms with E-state index < -0.39 is 0 Å². The van der Waals surface area contributed by atoms with Gasteiger partial charge in [0.25, 0.3) is 5.91 Å². The van der Waals surface area contributed by atoms with E-state index in [1.54, 1.807) is 0 Å². The average Bonchev–Trinajstić information content (AvgIpc) is 3.39. The molecule has 190 valence electrons. The Bertz CT molecular complexity index is 1570. The number of carbonyl (C=O) groups excluding carboxylic acids is 1. The predicted molar refractivity (Wildman–Crippen MR) is 149 cm³/mol. The van der Waals surface area contributed by atoms with Crippen LogP contribution < -0.4 is 10.1 Å². The molecule has 0 saturated heterocycles. The summed E-state index contributed by atoms with van der Waals surface area (Å²) in [7, 11) is 0. The third-order valence-corrected chi connectivity index (χ3v) is 7.17. The number of carbonyl (C=O) groups is 1. The molecule has 38 heavy (non-hydrogen) atoms. The van der Waals surface area contributed by atoms with Crippen molar-refractivity contribution in [2.45, 2.75) is 37.8 Å². The van der Waals surface area contributed by atoms with Gasteiger partial charge in [0, 0.05) is 46.1 Å². The maximum Gasteiger partial charge on any atom is 0.251 e. The Morgan fingerprint density at radius 2 is 1.66 bits per heavy atom. The van der Waals surface area contributed by atoms with Crippen LogP contribution >= 0.6 is 0 Å². The summed E-state index contributed by atoms with van der Waals surface area (Å²) in [5.74, 6) is 1.44. The predicted octanol–water partition coefficient (Wildman–Crippen LogP) is 6.72. The van der Waals surface area contributed by atoms with Crippen molar-refractivity contribution in [3.63, 3.8) is 0 Å². The molecule has 0 unspecified atom stereocenters. The number of para-hydroxylation sites is 2. The van der Waals surface area contributed by atoms with Gasteiger partial charge in [-0.05, 0) is 67.6 Å². The summed E-state index contributed by atoms with van der Waals surface area (Å²) in [5.41, 5.74) is 5.21. The van der Waals surface area contributed by atoms with Crippen LogP contribution in [-0.2, 0) is 0 Å². The number of amides is 1. The Morgan fingerprint density at radius 1 is 0.868 bits per heavy atom. The zero-order valence-electron chi connectivity index (χ0n) is 20.9. The molecule has 1 aliphatic rings. The molecule has 0 atom stereocenters. The Hall–Kier alpha value is -4.42. The van der Waals surface area contributed by atoms with Gasteiger partial charge in [-0.3, -0.25) is 4.79 Å². The molecule has 6 heteroatoms. The molecule has 3 aromatic carbocycles. The maximum atomic E-state index is 13.0. The number of aromatic nitrogens is 2. The van der Waals surface area contributed by atoms with Crippen molar-refractivity contribution >= 4 is 16.9 Å². The molecule has 3 N–H and O–H groups in total. The molecule has 2 aromatic heterocycles. The van der Waals surface area contributed by atoms with Gasteiger partial charge >= 0.3 is 0 Å². The molecule has 1 fully saturated rings. The molecule has 1 amide bonds.